The van der Waals surface area contributed by atoms with E-state index in [1.54, 1.807) is 0 Å². The molecule has 0 amide bonds. The zero-order chi connectivity index (χ0) is 53.5. The normalized spacial score (nSPS) is 12.6. The van der Waals surface area contributed by atoms with Gasteiger partial charge in [0.2, 0.25) is 0 Å². The average molecular weight is 1080 g/mol. The Labute approximate surface area is 477 Å². The van der Waals surface area contributed by atoms with Crippen molar-refractivity contribution in [3.8, 4) is 0 Å². The van der Waals surface area contributed by atoms with E-state index in [0.717, 1.165) is 0 Å². The molecule has 0 saturated carbocycles. The first-order valence-electron chi connectivity index (χ1n) is 36.3. The van der Waals surface area contributed by atoms with Gasteiger partial charge in [0.05, 0.1) is 0 Å². The van der Waals surface area contributed by atoms with Gasteiger partial charge in [-0.25, -0.2) is 0 Å². The molecule has 0 radical (unpaired) electrons. The van der Waals surface area contributed by atoms with Crippen LogP contribution in [0.25, 0.3) is 0 Å². The minimum absolute atomic E-state index is 1.37. The second-order valence-electron chi connectivity index (χ2n) is 25.9. The summed E-state index contributed by atoms with van der Waals surface area (Å²) >= 11 is 8.59. The first kappa shape index (κ1) is 74.7. The zero-order valence-electron chi connectivity index (χ0n) is 52.9. The van der Waals surface area contributed by atoms with E-state index in [4.69, 9.17) is 11.2 Å². The Morgan fingerprint density at radius 1 is 0.135 bits per heavy atom. The molecule has 0 aliphatic rings. The summed E-state index contributed by atoms with van der Waals surface area (Å²) < 4.78 is 0. The van der Waals surface area contributed by atoms with Gasteiger partial charge in [0.1, 0.15) is 0 Å². The molecule has 0 aromatic rings. The third-order valence-corrected chi connectivity index (χ3v) is 26.0. The van der Waals surface area contributed by atoms with Gasteiger partial charge < -0.3 is 0 Å². The Morgan fingerprint density at radius 3 is 0.311 bits per heavy atom. The number of hydrogen-bond donors (Lipinski definition) is 0. The fourth-order valence-electron chi connectivity index (χ4n) is 12.9. The SMILES string of the molecule is CCCCCCCCCCCCCCCCCCP(Cl)(CCCCCCCCCCCCCCCCCC)(CCCCCCCCCCCCCCCCCC)CCCCCCCCCCCCCCCCCC. The Kier molecular flexibility index (Phi) is 63.5. The van der Waals surface area contributed by atoms with Crippen LogP contribution >= 0.6 is 17.2 Å². The van der Waals surface area contributed by atoms with Gasteiger partial charge >= 0.3 is 324 Å². The molecule has 448 valence electrons. The van der Waals surface area contributed by atoms with Crippen LogP contribution < -0.4 is 0 Å². The molecule has 0 bridgehead atoms. The standard InChI is InChI=1S/C72H148ClP/c1-5-9-13-17-21-25-29-33-37-41-45-49-53-57-61-65-69-74(73,70-66-62-58-54-50-46-42-38-34-30-26-22-18-14-10-6-2,71-67-63-59-55-51-47-43-39-35-31-27-23-19-15-11-7-3)72-68-64-60-56-52-48-44-40-36-32-28-24-20-16-12-8-4/h5-72H2,1-4H3. The van der Waals surface area contributed by atoms with Gasteiger partial charge in [-0.15, -0.1) is 0 Å². The Balaban J connectivity index is 5.09. The predicted octanol–water partition coefficient (Wildman–Crippen LogP) is 28.7. The van der Waals surface area contributed by atoms with E-state index in [1.165, 1.54) is 436 Å². The van der Waals surface area contributed by atoms with Crippen molar-refractivity contribution in [2.75, 3.05) is 24.6 Å². The molecule has 0 rings (SSSR count). The summed E-state index contributed by atoms with van der Waals surface area (Å²) in [6.07, 6.45) is 99.1. The third-order valence-electron chi connectivity index (χ3n) is 18.3. The van der Waals surface area contributed by atoms with Gasteiger partial charge in [-0.2, -0.15) is 0 Å². The van der Waals surface area contributed by atoms with E-state index in [0.29, 0.717) is 0 Å². The maximum absolute atomic E-state index is 8.59. The molecule has 0 spiro atoms. The molecule has 0 heterocycles. The minimum Gasteiger partial charge on any atom is -0.0654 e. The number of rotatable bonds is 68. The first-order chi connectivity index (χ1) is 36.5. The molecule has 0 fully saturated rings. The van der Waals surface area contributed by atoms with Crippen LogP contribution in [-0.2, 0) is 0 Å². The van der Waals surface area contributed by atoms with E-state index in [2.05, 4.69) is 27.7 Å². The fraction of sp³-hybridized carbons (Fsp3) is 1.00. The Hall–Kier alpha value is 0.720. The van der Waals surface area contributed by atoms with Gasteiger partial charge in [-0.05, 0) is 0 Å². The monoisotopic (exact) mass is 1080 g/mol. The van der Waals surface area contributed by atoms with Crippen molar-refractivity contribution in [2.45, 2.75) is 439 Å². The summed E-state index contributed by atoms with van der Waals surface area (Å²) in [5.41, 5.74) is 0. The summed E-state index contributed by atoms with van der Waals surface area (Å²) in [4.78, 5) is 0. The van der Waals surface area contributed by atoms with Crippen molar-refractivity contribution in [1.29, 1.82) is 0 Å². The first-order valence-corrected chi connectivity index (χ1v) is 40.1. The summed E-state index contributed by atoms with van der Waals surface area (Å²) in [5, 5.41) is 0. The summed E-state index contributed by atoms with van der Waals surface area (Å²) in [6.45, 7) is 9.32. The zero-order valence-corrected chi connectivity index (χ0v) is 54.6. The van der Waals surface area contributed by atoms with Crippen LogP contribution in [0.3, 0.4) is 0 Å². The van der Waals surface area contributed by atoms with Crippen LogP contribution in [0.2, 0.25) is 0 Å². The van der Waals surface area contributed by atoms with Crippen LogP contribution in [0.15, 0.2) is 0 Å². The molecular weight excluding hydrogens is 931 g/mol. The molecule has 0 aromatic heterocycles. The van der Waals surface area contributed by atoms with Crippen molar-refractivity contribution in [3.05, 3.63) is 0 Å². The van der Waals surface area contributed by atoms with Crippen molar-refractivity contribution < 1.29 is 0 Å². The number of unbranched alkanes of at least 4 members (excludes halogenated alkanes) is 60. The molecule has 0 unspecified atom stereocenters. The van der Waals surface area contributed by atoms with Crippen LogP contribution in [0.5, 0.6) is 0 Å². The summed E-state index contributed by atoms with van der Waals surface area (Å²) in [5.74, 6) is -2.26. The third kappa shape index (κ3) is 57.4. The van der Waals surface area contributed by atoms with Crippen LogP contribution in [0, 0.1) is 0 Å². The number of halogens is 1. The van der Waals surface area contributed by atoms with E-state index in [-0.39, 0.29) is 0 Å². The Morgan fingerprint density at radius 2 is 0.216 bits per heavy atom. The van der Waals surface area contributed by atoms with E-state index < -0.39 is 5.96 Å². The van der Waals surface area contributed by atoms with Gasteiger partial charge in [0.25, 0.3) is 0 Å². The molecule has 2 heteroatoms. The fourth-order valence-corrected chi connectivity index (χ4v) is 19.7. The van der Waals surface area contributed by atoms with Gasteiger partial charge in [0, 0.05) is 0 Å². The van der Waals surface area contributed by atoms with Crippen LogP contribution in [0.1, 0.15) is 439 Å². The molecule has 0 aliphatic carbocycles. The van der Waals surface area contributed by atoms with Crippen molar-refractivity contribution >= 4 is 17.2 Å². The smallest absolute Gasteiger partial charge is 0.0654 e. The predicted molar refractivity (Wildman–Crippen MR) is 350 cm³/mol. The molecular formula is C72H148ClP. The molecule has 0 saturated heterocycles. The second kappa shape index (κ2) is 62.9. The molecule has 0 aliphatic heterocycles. The summed E-state index contributed by atoms with van der Waals surface area (Å²) in [7, 11) is 0. The van der Waals surface area contributed by atoms with Crippen molar-refractivity contribution in [3.63, 3.8) is 0 Å². The van der Waals surface area contributed by atoms with Crippen LogP contribution in [-0.4, -0.2) is 24.6 Å². The molecule has 74 heavy (non-hydrogen) atoms. The topological polar surface area (TPSA) is 0 Å². The van der Waals surface area contributed by atoms with E-state index in [9.17, 15) is 0 Å². The second-order valence-corrected chi connectivity index (χ2v) is 34.2. The molecule has 0 nitrogen and oxygen atoms in total. The summed E-state index contributed by atoms with van der Waals surface area (Å²) in [6, 6.07) is 0. The number of hydrogen-bond acceptors (Lipinski definition) is 0. The minimum atomic E-state index is -2.26. The maximum atomic E-state index is 8.59. The van der Waals surface area contributed by atoms with Gasteiger partial charge in [-0.1, -0.05) is 156 Å². The Bertz CT molecular complexity index is 836. The van der Waals surface area contributed by atoms with E-state index >= 15 is 0 Å². The van der Waals surface area contributed by atoms with Crippen molar-refractivity contribution in [1.82, 2.24) is 0 Å². The van der Waals surface area contributed by atoms with Gasteiger partial charge in [0.15, 0.2) is 0 Å². The molecule has 0 aromatic carbocycles. The van der Waals surface area contributed by atoms with Crippen molar-refractivity contribution in [2.24, 2.45) is 0 Å². The molecule has 0 N–H and O–H groups in total. The molecule has 0 atom stereocenters. The quantitative estimate of drug-likeness (QED) is 0.0421. The van der Waals surface area contributed by atoms with Crippen LogP contribution in [0.4, 0.5) is 0 Å². The van der Waals surface area contributed by atoms with E-state index in [1.807, 2.05) is 0 Å². The average Bonchev–Trinajstić information content (AvgIpc) is 3.40. The van der Waals surface area contributed by atoms with Gasteiger partial charge in [-0.3, -0.25) is 0 Å².